The van der Waals surface area contributed by atoms with Gasteiger partial charge in [-0.15, -0.1) is 8.78 Å². The fraction of sp³-hybridized carbons (Fsp3) is 1.00. The zero-order valence-electron chi connectivity index (χ0n) is 3.71. The Hall–Kier alpha value is -0.330. The number of alkyl halides is 5. The van der Waals surface area contributed by atoms with Crippen molar-refractivity contribution < 1.29 is 26.2 Å². The van der Waals surface area contributed by atoms with Gasteiger partial charge < -0.3 is 0 Å². The van der Waals surface area contributed by atoms with E-state index in [9.17, 15) is 22.0 Å². The third-order valence-electron chi connectivity index (χ3n) is 0.435. The van der Waals surface area contributed by atoms with E-state index in [4.69, 9.17) is 4.21 Å². The highest BCUT2D eigenvalue weighted by molar-refractivity contribution is 7.66. The molecule has 0 amide bonds. The van der Waals surface area contributed by atoms with E-state index in [2.05, 4.69) is 0 Å². The first kappa shape index (κ1) is 8.67. The molecule has 0 aliphatic rings. The lowest BCUT2D eigenvalue weighted by molar-refractivity contribution is -0.238. The summed E-state index contributed by atoms with van der Waals surface area (Å²) in [7, 11) is 0. The van der Waals surface area contributed by atoms with E-state index < -0.39 is 23.1 Å². The highest BCUT2D eigenvalue weighted by Crippen LogP contribution is 2.34. The smallest absolute Gasteiger partial charge is 0.160 e. The first-order valence-electron chi connectivity index (χ1n) is 1.57. The largest absolute Gasteiger partial charge is 0.626 e. The third kappa shape index (κ3) is 1.81. The quantitative estimate of drug-likeness (QED) is 0.428. The Labute approximate surface area is 50.3 Å². The molecule has 0 N–H and O–H groups in total. The van der Waals surface area contributed by atoms with Crippen molar-refractivity contribution in [3.05, 3.63) is 0 Å². The van der Waals surface area contributed by atoms with Crippen LogP contribution in [0.1, 0.15) is 0 Å². The molecule has 0 heterocycles. The van der Waals surface area contributed by atoms with Gasteiger partial charge in [-0.25, -0.2) is 0 Å². The Kier molecular flexibility index (Phi) is 2.05. The molecule has 0 atom stereocenters. The van der Waals surface area contributed by atoms with Crippen LogP contribution in [-0.4, -0.2) is 11.4 Å². The number of rotatable bonds is 1. The van der Waals surface area contributed by atoms with Gasteiger partial charge in [0, 0.05) is 4.21 Å². The first-order valence-corrected chi connectivity index (χ1v) is 2.31. The molecule has 0 spiro atoms. The Balaban J connectivity index is 4.32. The molecule has 0 aromatic carbocycles. The van der Waals surface area contributed by atoms with Crippen LogP contribution in [0, 0.1) is 0 Å². The van der Waals surface area contributed by atoms with Gasteiger partial charge in [0.15, 0.2) is 0 Å². The van der Waals surface area contributed by atoms with E-state index in [-0.39, 0.29) is 0 Å². The third-order valence-corrected chi connectivity index (χ3v) is 0.875. The summed E-state index contributed by atoms with van der Waals surface area (Å²) in [4.78, 5) is 0. The summed E-state index contributed by atoms with van der Waals surface area (Å²) in [5, 5.41) is -5.16. The van der Waals surface area contributed by atoms with Crippen LogP contribution in [0.5, 0.6) is 0 Å². The average molecular weight is 167 g/mol. The van der Waals surface area contributed by atoms with Crippen LogP contribution in [0.3, 0.4) is 0 Å². The molecule has 0 aliphatic carbocycles. The SMILES string of the molecule is O=[S+]C(F)(F)C(F)(F)F. The first-order chi connectivity index (χ1) is 3.81. The molecule has 0 aliphatic heterocycles. The molecule has 0 radical (unpaired) electrons. The zero-order chi connectivity index (χ0) is 7.71. The van der Waals surface area contributed by atoms with Crippen LogP contribution in [0.15, 0.2) is 0 Å². The van der Waals surface area contributed by atoms with Crippen LogP contribution in [0.4, 0.5) is 22.0 Å². The zero-order valence-corrected chi connectivity index (χ0v) is 4.52. The molecular formula is C2F5OS+. The Morgan fingerprint density at radius 3 is 1.33 bits per heavy atom. The lowest BCUT2D eigenvalue weighted by Gasteiger charge is -2.00. The van der Waals surface area contributed by atoms with E-state index in [0.29, 0.717) is 0 Å². The van der Waals surface area contributed by atoms with Gasteiger partial charge in [0.2, 0.25) is 0 Å². The van der Waals surface area contributed by atoms with E-state index in [1.54, 1.807) is 0 Å². The molecule has 1 nitrogen and oxygen atoms in total. The van der Waals surface area contributed by atoms with Crippen LogP contribution in [0.2, 0.25) is 0 Å². The topological polar surface area (TPSA) is 17.1 Å². The molecular weight excluding hydrogens is 167 g/mol. The van der Waals surface area contributed by atoms with Crippen molar-refractivity contribution in [2.75, 3.05) is 0 Å². The molecule has 0 unspecified atom stereocenters. The maximum absolute atomic E-state index is 11.2. The van der Waals surface area contributed by atoms with Crippen molar-refractivity contribution in [3.8, 4) is 0 Å². The highest BCUT2D eigenvalue weighted by atomic mass is 32.1. The second kappa shape index (κ2) is 2.13. The predicted octanol–water partition coefficient (Wildman–Crippen LogP) is 1.57. The van der Waals surface area contributed by atoms with Crippen molar-refractivity contribution in [1.82, 2.24) is 0 Å². The van der Waals surface area contributed by atoms with Crippen molar-refractivity contribution in [3.63, 3.8) is 0 Å². The van der Waals surface area contributed by atoms with Crippen LogP contribution in [-0.2, 0) is 15.9 Å². The number of hydrogen-bond acceptors (Lipinski definition) is 1. The molecule has 0 fully saturated rings. The molecule has 9 heavy (non-hydrogen) atoms. The van der Waals surface area contributed by atoms with Crippen LogP contribution < -0.4 is 0 Å². The fourth-order valence-electron chi connectivity index (χ4n) is 0.0472. The normalized spacial score (nSPS) is 13.4. The summed E-state index contributed by atoms with van der Waals surface area (Å²) >= 11 is -1.77. The second-order valence-corrected chi connectivity index (χ2v) is 1.78. The number of halogens is 5. The van der Waals surface area contributed by atoms with Crippen LogP contribution in [0.25, 0.3) is 0 Å². The van der Waals surface area contributed by atoms with Gasteiger partial charge in [0.05, 0.1) is 0 Å². The van der Waals surface area contributed by atoms with Gasteiger partial charge >= 0.3 is 23.1 Å². The summed E-state index contributed by atoms with van der Waals surface area (Å²) < 4.78 is 64.0. The predicted molar refractivity (Wildman–Crippen MR) is 19.1 cm³/mol. The molecule has 54 valence electrons. The molecule has 0 aromatic rings. The van der Waals surface area contributed by atoms with Gasteiger partial charge in [-0.3, -0.25) is 0 Å². The summed E-state index contributed by atoms with van der Waals surface area (Å²) in [6, 6.07) is 0. The monoisotopic (exact) mass is 167 g/mol. The van der Waals surface area contributed by atoms with E-state index in [0.717, 1.165) is 0 Å². The standard InChI is InChI=1S/C2F5OS/c3-1(4,5)2(6,7)9-8/q+1. The van der Waals surface area contributed by atoms with Crippen molar-refractivity contribution >= 4 is 11.7 Å². The fourth-order valence-corrected chi connectivity index (χ4v) is 0.142. The Morgan fingerprint density at radius 1 is 1.00 bits per heavy atom. The molecule has 0 saturated carbocycles. The van der Waals surface area contributed by atoms with E-state index in [1.165, 1.54) is 0 Å². The average Bonchev–Trinajstić information content (AvgIpc) is 1.64. The molecule has 7 heteroatoms. The molecule has 0 saturated heterocycles. The van der Waals surface area contributed by atoms with Crippen molar-refractivity contribution in [2.24, 2.45) is 0 Å². The van der Waals surface area contributed by atoms with E-state index >= 15 is 0 Å². The minimum absolute atomic E-state index is 1.77. The van der Waals surface area contributed by atoms with Gasteiger partial charge in [-0.05, 0) is 0 Å². The Bertz CT molecular complexity index is 117. The highest BCUT2D eigenvalue weighted by Gasteiger charge is 2.71. The summed E-state index contributed by atoms with van der Waals surface area (Å²) in [5.41, 5.74) is 0. The summed E-state index contributed by atoms with van der Waals surface area (Å²) in [6.45, 7) is 0. The summed E-state index contributed by atoms with van der Waals surface area (Å²) in [6.07, 6.45) is -5.74. The lowest BCUT2D eigenvalue weighted by atomic mass is 10.7. The van der Waals surface area contributed by atoms with Gasteiger partial charge in [0.25, 0.3) is 0 Å². The van der Waals surface area contributed by atoms with Gasteiger partial charge in [-0.2, -0.15) is 13.2 Å². The molecule has 0 rings (SSSR count). The number of hydrogen-bond donors (Lipinski definition) is 0. The maximum Gasteiger partial charge on any atom is 0.626 e. The van der Waals surface area contributed by atoms with Gasteiger partial charge in [0.1, 0.15) is 0 Å². The minimum atomic E-state index is -5.74. The lowest BCUT2D eigenvalue weighted by Crippen LogP contribution is -2.34. The van der Waals surface area contributed by atoms with E-state index in [1.807, 2.05) is 0 Å². The van der Waals surface area contributed by atoms with Crippen LogP contribution >= 0.6 is 0 Å². The van der Waals surface area contributed by atoms with Crippen molar-refractivity contribution in [2.45, 2.75) is 11.4 Å². The Morgan fingerprint density at radius 2 is 1.33 bits per heavy atom. The summed E-state index contributed by atoms with van der Waals surface area (Å²) in [5.74, 6) is 0. The molecule has 0 aromatic heterocycles. The second-order valence-electron chi connectivity index (χ2n) is 1.10. The maximum atomic E-state index is 11.2. The van der Waals surface area contributed by atoms with Crippen molar-refractivity contribution in [1.29, 1.82) is 0 Å². The minimum Gasteiger partial charge on any atom is -0.160 e. The van der Waals surface area contributed by atoms with Gasteiger partial charge in [-0.1, -0.05) is 0 Å². The molecule has 0 bridgehead atoms.